The molecule has 0 saturated heterocycles. The van der Waals surface area contributed by atoms with Gasteiger partial charge in [-0.15, -0.1) is 11.3 Å². The van der Waals surface area contributed by atoms with Gasteiger partial charge < -0.3 is 19.4 Å². The van der Waals surface area contributed by atoms with Crippen molar-refractivity contribution in [3.63, 3.8) is 0 Å². The van der Waals surface area contributed by atoms with E-state index in [0.717, 1.165) is 22.5 Å². The van der Waals surface area contributed by atoms with Gasteiger partial charge in [-0.1, -0.05) is 65.8 Å². The SMILES string of the molecule is CC(C)(C)OC(=O)Nc1nc(/C(=N\OC2(C(=O)OC(c3ccccc3)c3ccccc3)CC2)C(=O)O)cs1. The quantitative estimate of drug-likeness (QED) is 0.217. The number of aliphatic carboxylic acids is 1. The van der Waals surface area contributed by atoms with E-state index in [-0.39, 0.29) is 10.8 Å². The fourth-order valence-corrected chi connectivity index (χ4v) is 4.08. The van der Waals surface area contributed by atoms with Crippen molar-refractivity contribution in [3.8, 4) is 0 Å². The molecule has 0 spiro atoms. The lowest BCUT2D eigenvalue weighted by molar-refractivity contribution is -0.164. The molecule has 0 bridgehead atoms. The summed E-state index contributed by atoms with van der Waals surface area (Å²) in [5, 5.41) is 17.4. The van der Waals surface area contributed by atoms with E-state index in [4.69, 9.17) is 14.3 Å². The van der Waals surface area contributed by atoms with Gasteiger partial charge in [0, 0.05) is 18.2 Å². The minimum absolute atomic E-state index is 0.0378. The van der Waals surface area contributed by atoms with Gasteiger partial charge in [0.15, 0.2) is 11.2 Å². The summed E-state index contributed by atoms with van der Waals surface area (Å²) in [6.45, 7) is 5.15. The topological polar surface area (TPSA) is 136 Å². The van der Waals surface area contributed by atoms with Gasteiger partial charge in [0.1, 0.15) is 11.3 Å². The first-order valence-corrected chi connectivity index (χ1v) is 12.7. The van der Waals surface area contributed by atoms with Crippen LogP contribution in [-0.2, 0) is 23.9 Å². The van der Waals surface area contributed by atoms with E-state index in [1.165, 1.54) is 5.38 Å². The second kappa shape index (κ2) is 11.0. The minimum Gasteiger partial charge on any atom is -0.476 e. The molecule has 1 aromatic heterocycles. The third-order valence-corrected chi connectivity index (χ3v) is 6.13. The molecule has 38 heavy (non-hydrogen) atoms. The number of oxime groups is 1. The monoisotopic (exact) mass is 537 g/mol. The van der Waals surface area contributed by atoms with Crippen LogP contribution in [0.2, 0.25) is 0 Å². The Morgan fingerprint density at radius 2 is 1.61 bits per heavy atom. The summed E-state index contributed by atoms with van der Waals surface area (Å²) < 4.78 is 11.1. The molecule has 0 aliphatic heterocycles. The number of ether oxygens (including phenoxy) is 2. The lowest BCUT2D eigenvalue weighted by atomic mass is 10.0. The standard InChI is InChI=1S/C27H27N3O7S/c1-26(2,3)36-25(34)29-24-28-19(16-38-24)20(22(31)32)30-37-27(14-15-27)23(33)35-21(17-10-6-4-7-11-17)18-12-8-5-9-13-18/h4-13,16,21H,14-15H2,1-3H3,(H,31,32)(H,28,29,34)/b30-20+. The number of thiazole rings is 1. The highest BCUT2D eigenvalue weighted by atomic mass is 32.1. The molecule has 10 nitrogen and oxygen atoms in total. The van der Waals surface area contributed by atoms with Gasteiger partial charge in [0.05, 0.1) is 0 Å². The van der Waals surface area contributed by atoms with Crippen LogP contribution in [0.4, 0.5) is 9.93 Å². The van der Waals surface area contributed by atoms with Crippen LogP contribution in [0, 0.1) is 0 Å². The number of carbonyl (C=O) groups is 3. The second-order valence-corrected chi connectivity index (χ2v) is 10.5. The second-order valence-electron chi connectivity index (χ2n) is 9.60. The van der Waals surface area contributed by atoms with Crippen LogP contribution in [0.1, 0.15) is 56.5 Å². The van der Waals surface area contributed by atoms with Gasteiger partial charge >= 0.3 is 18.0 Å². The van der Waals surface area contributed by atoms with Crippen molar-refractivity contribution in [1.29, 1.82) is 0 Å². The maximum atomic E-state index is 13.2. The summed E-state index contributed by atoms with van der Waals surface area (Å²) in [6.07, 6.45) is -0.759. The summed E-state index contributed by atoms with van der Waals surface area (Å²) >= 11 is 0.994. The zero-order chi connectivity index (χ0) is 27.3. The van der Waals surface area contributed by atoms with Gasteiger partial charge in [0.25, 0.3) is 0 Å². The number of carboxylic acids is 1. The average Bonchev–Trinajstić information content (AvgIpc) is 3.53. The van der Waals surface area contributed by atoms with Gasteiger partial charge in [-0.3, -0.25) is 5.32 Å². The largest absolute Gasteiger partial charge is 0.476 e. The maximum absolute atomic E-state index is 13.2. The van der Waals surface area contributed by atoms with Crippen molar-refractivity contribution in [2.24, 2.45) is 5.16 Å². The Kier molecular flexibility index (Phi) is 7.77. The Hall–Kier alpha value is -4.25. The molecule has 3 aromatic rings. The number of nitrogens with zero attached hydrogens (tertiary/aromatic N) is 2. The van der Waals surface area contributed by atoms with Crippen molar-refractivity contribution in [2.45, 2.75) is 50.9 Å². The Balaban J connectivity index is 1.49. The van der Waals surface area contributed by atoms with Crippen molar-refractivity contribution in [2.75, 3.05) is 5.32 Å². The number of hydrogen-bond acceptors (Lipinski definition) is 9. The van der Waals surface area contributed by atoms with Crippen LogP contribution in [0.3, 0.4) is 0 Å². The average molecular weight is 538 g/mol. The summed E-state index contributed by atoms with van der Waals surface area (Å²) in [7, 11) is 0. The third-order valence-electron chi connectivity index (χ3n) is 5.37. The van der Waals surface area contributed by atoms with E-state index in [0.29, 0.717) is 12.8 Å². The van der Waals surface area contributed by atoms with Crippen molar-refractivity contribution < 1.29 is 33.8 Å². The van der Waals surface area contributed by atoms with Gasteiger partial charge in [-0.25, -0.2) is 19.4 Å². The number of esters is 1. The van der Waals surface area contributed by atoms with E-state index in [1.54, 1.807) is 20.8 Å². The number of benzene rings is 2. The molecular weight excluding hydrogens is 510 g/mol. The van der Waals surface area contributed by atoms with Gasteiger partial charge in [-0.2, -0.15) is 0 Å². The molecule has 2 N–H and O–H groups in total. The lowest BCUT2D eigenvalue weighted by Gasteiger charge is -2.21. The number of carbonyl (C=O) groups excluding carboxylic acids is 2. The Bertz CT molecular complexity index is 1290. The van der Waals surface area contributed by atoms with Crippen LogP contribution in [0.5, 0.6) is 0 Å². The first-order chi connectivity index (χ1) is 18.1. The van der Waals surface area contributed by atoms with E-state index >= 15 is 0 Å². The highest BCUT2D eigenvalue weighted by Gasteiger charge is 2.56. The lowest BCUT2D eigenvalue weighted by Crippen LogP contribution is -2.30. The van der Waals surface area contributed by atoms with E-state index < -0.39 is 41.0 Å². The number of nitrogens with one attached hydrogen (secondary N) is 1. The Morgan fingerprint density at radius 1 is 1.03 bits per heavy atom. The molecule has 1 saturated carbocycles. The highest BCUT2D eigenvalue weighted by Crippen LogP contribution is 2.43. The summed E-state index contributed by atoms with van der Waals surface area (Å²) in [6, 6.07) is 18.6. The third kappa shape index (κ3) is 6.74. The van der Waals surface area contributed by atoms with Crippen LogP contribution in [0.25, 0.3) is 0 Å². The zero-order valence-corrected chi connectivity index (χ0v) is 21.9. The van der Waals surface area contributed by atoms with E-state index in [1.807, 2.05) is 60.7 Å². The molecule has 0 unspecified atom stereocenters. The highest BCUT2D eigenvalue weighted by molar-refractivity contribution is 7.14. The number of hydrogen-bond donors (Lipinski definition) is 2. The fourth-order valence-electron chi connectivity index (χ4n) is 3.40. The Labute approximate surface area is 223 Å². The van der Waals surface area contributed by atoms with E-state index in [2.05, 4.69) is 15.5 Å². The molecule has 1 amide bonds. The summed E-state index contributed by atoms with van der Waals surface area (Å²) in [5.74, 6) is -2.05. The first-order valence-electron chi connectivity index (χ1n) is 11.8. The van der Waals surface area contributed by atoms with Crippen LogP contribution < -0.4 is 5.32 Å². The molecule has 0 radical (unpaired) electrons. The number of rotatable bonds is 9. The fraction of sp³-hybridized carbons (Fsp3) is 0.296. The van der Waals surface area contributed by atoms with Gasteiger partial charge in [0.2, 0.25) is 11.3 Å². The maximum Gasteiger partial charge on any atom is 0.413 e. The molecule has 2 aromatic carbocycles. The molecule has 1 aliphatic rings. The molecule has 198 valence electrons. The van der Waals surface area contributed by atoms with Crippen molar-refractivity contribution in [3.05, 3.63) is 82.9 Å². The van der Waals surface area contributed by atoms with Crippen LogP contribution >= 0.6 is 11.3 Å². The predicted octanol–water partition coefficient (Wildman–Crippen LogP) is 5.16. The first kappa shape index (κ1) is 26.8. The van der Waals surface area contributed by atoms with Crippen LogP contribution in [-0.4, -0.2) is 45.0 Å². The molecular formula is C27H27N3O7S. The van der Waals surface area contributed by atoms with Crippen LogP contribution in [0.15, 0.2) is 71.2 Å². The molecule has 0 atom stereocenters. The van der Waals surface area contributed by atoms with Crippen molar-refractivity contribution in [1.82, 2.24) is 4.98 Å². The van der Waals surface area contributed by atoms with Crippen molar-refractivity contribution >= 4 is 40.2 Å². The molecule has 1 aliphatic carbocycles. The molecule has 4 rings (SSSR count). The normalized spacial score (nSPS) is 14.5. The van der Waals surface area contributed by atoms with Gasteiger partial charge in [-0.05, 0) is 31.9 Å². The minimum atomic E-state index is -1.41. The molecule has 1 heterocycles. The molecule has 11 heteroatoms. The predicted molar refractivity (Wildman–Crippen MR) is 140 cm³/mol. The van der Waals surface area contributed by atoms with E-state index in [9.17, 15) is 19.5 Å². The number of amides is 1. The summed E-state index contributed by atoms with van der Waals surface area (Å²) in [4.78, 5) is 46.7. The Morgan fingerprint density at radius 3 is 2.11 bits per heavy atom. The zero-order valence-electron chi connectivity index (χ0n) is 21.0. The number of carboxylic acid groups (broad SMARTS) is 1. The smallest absolute Gasteiger partial charge is 0.413 e. The number of aromatic nitrogens is 1. The molecule has 1 fully saturated rings. The number of anilines is 1. The summed E-state index contributed by atoms with van der Waals surface area (Å²) in [5.41, 5.74) is -1.09.